The molecule has 1 aliphatic carbocycles. The zero-order valence-electron chi connectivity index (χ0n) is 25.3. The monoisotopic (exact) mass is 631 g/mol. The highest BCUT2D eigenvalue weighted by Crippen LogP contribution is 2.50. The molecule has 3 N–H and O–H groups in total. The minimum Gasteiger partial charge on any atom is -0.421 e. The molecule has 0 unspecified atom stereocenters. The Morgan fingerprint density at radius 1 is 1.13 bits per heavy atom. The number of carbonyl (C=O) groups is 1. The Hall–Kier alpha value is -5.42. The number of benzene rings is 2. The lowest BCUT2D eigenvalue weighted by atomic mass is 9.95. The van der Waals surface area contributed by atoms with Crippen molar-refractivity contribution in [3.05, 3.63) is 103 Å². The van der Waals surface area contributed by atoms with Gasteiger partial charge < -0.3 is 15.8 Å². The van der Waals surface area contributed by atoms with Crippen LogP contribution in [0.25, 0.3) is 42.8 Å². The molecule has 230 valence electrons. The number of nitrogens with two attached hydrogens (primary N) is 1. The lowest BCUT2D eigenvalue weighted by Gasteiger charge is -2.12. The average Bonchev–Trinajstić information content (AvgIpc) is 3.64. The fraction of sp³-hybridized carbons (Fsp3) is 0.171. The number of carbonyl (C=O) groups excluding carboxylic acids is 1. The normalized spacial score (nSPS) is 12.8. The van der Waals surface area contributed by atoms with Crippen LogP contribution in [0.5, 0.6) is 11.8 Å². The molecule has 0 bridgehead atoms. The van der Waals surface area contributed by atoms with Crippen LogP contribution in [0.1, 0.15) is 35.7 Å². The highest BCUT2D eigenvalue weighted by molar-refractivity contribution is 7.23. The number of anilines is 1. The van der Waals surface area contributed by atoms with Crippen molar-refractivity contribution in [1.82, 2.24) is 30.0 Å². The minimum atomic E-state index is -0.564. The second-order valence-electron chi connectivity index (χ2n) is 11.3. The van der Waals surface area contributed by atoms with Crippen LogP contribution in [-0.4, -0.2) is 30.6 Å². The van der Waals surface area contributed by atoms with E-state index in [2.05, 4.69) is 38.1 Å². The number of aryl methyl sites for hydroxylation is 2. The highest BCUT2D eigenvalue weighted by atomic mass is 32.1. The number of pyridine rings is 1. The van der Waals surface area contributed by atoms with Crippen molar-refractivity contribution >= 4 is 33.1 Å². The summed E-state index contributed by atoms with van der Waals surface area (Å²) in [6.45, 7) is 7.72. The van der Waals surface area contributed by atoms with Gasteiger partial charge in [-0.2, -0.15) is 5.10 Å². The Bertz CT molecular complexity index is 2150. The van der Waals surface area contributed by atoms with E-state index in [-0.39, 0.29) is 17.7 Å². The Morgan fingerprint density at radius 3 is 2.72 bits per heavy atom. The Kier molecular flexibility index (Phi) is 7.53. The molecular formula is C35H30FN7O2S. The van der Waals surface area contributed by atoms with Gasteiger partial charge in [-0.1, -0.05) is 30.8 Å². The van der Waals surface area contributed by atoms with Gasteiger partial charge in [-0.25, -0.2) is 19.3 Å². The van der Waals surface area contributed by atoms with Crippen LogP contribution < -0.4 is 15.8 Å². The zero-order chi connectivity index (χ0) is 31.9. The molecule has 11 heteroatoms. The van der Waals surface area contributed by atoms with Crippen LogP contribution >= 0.6 is 11.3 Å². The van der Waals surface area contributed by atoms with Crippen LogP contribution in [0.15, 0.2) is 79.9 Å². The van der Waals surface area contributed by atoms with E-state index in [0.29, 0.717) is 29.7 Å². The second kappa shape index (κ2) is 11.8. The molecule has 1 aliphatic rings. The van der Waals surface area contributed by atoms with Crippen molar-refractivity contribution < 1.29 is 13.9 Å². The number of nitrogens with zero attached hydrogens (tertiary/aromatic N) is 5. The van der Waals surface area contributed by atoms with Gasteiger partial charge >= 0.3 is 6.01 Å². The number of nitrogen functional groups attached to an aromatic ring is 1. The van der Waals surface area contributed by atoms with Gasteiger partial charge in [-0.05, 0) is 73.2 Å². The maximum absolute atomic E-state index is 15.7. The first-order valence-corrected chi connectivity index (χ1v) is 15.6. The number of hydrogen-bond acceptors (Lipinski definition) is 8. The SMILES string of the molecule is C=CC(=O)NCc1ccc(-c2sc3c(-c4cnn(C5CC5)c4)cnc(N)c3c2-c2ccc(Oc3nccc(C)n3)c(F)c2)c(C)c1. The van der Waals surface area contributed by atoms with Crippen LogP contribution in [-0.2, 0) is 11.3 Å². The van der Waals surface area contributed by atoms with E-state index >= 15 is 4.39 Å². The molecule has 0 radical (unpaired) electrons. The van der Waals surface area contributed by atoms with Gasteiger partial charge in [0.15, 0.2) is 11.6 Å². The largest absolute Gasteiger partial charge is 0.421 e. The van der Waals surface area contributed by atoms with Crippen LogP contribution in [0.3, 0.4) is 0 Å². The van der Waals surface area contributed by atoms with Crippen molar-refractivity contribution in [3.63, 3.8) is 0 Å². The van der Waals surface area contributed by atoms with Crippen molar-refractivity contribution in [2.24, 2.45) is 0 Å². The standard InChI is InChI=1S/C35H30FN7O2S/c1-4-29(44)39-15-21-5-9-25(19(2)13-21)32-30(22-6-10-28(27(36)14-22)45-35-38-12-11-20(3)42-35)31-33(46-32)26(17-40-34(31)37)23-16-41-43(18-23)24-7-8-24/h4-6,9-14,16-18,24H,1,7-8,15H2,2-3H3,(H2,37,40)(H,39,44). The van der Waals surface area contributed by atoms with E-state index in [9.17, 15) is 4.79 Å². The topological polar surface area (TPSA) is 121 Å². The number of halogens is 1. The summed E-state index contributed by atoms with van der Waals surface area (Å²) in [5.41, 5.74) is 13.5. The summed E-state index contributed by atoms with van der Waals surface area (Å²) in [6.07, 6.45) is 10.8. The number of rotatable bonds is 9. The number of hydrogen-bond donors (Lipinski definition) is 2. The zero-order valence-corrected chi connectivity index (χ0v) is 26.1. The molecular weight excluding hydrogens is 601 g/mol. The first kappa shape index (κ1) is 29.3. The van der Waals surface area contributed by atoms with E-state index in [1.54, 1.807) is 35.9 Å². The highest BCUT2D eigenvalue weighted by Gasteiger charge is 2.27. The van der Waals surface area contributed by atoms with Gasteiger partial charge in [0.1, 0.15) is 5.82 Å². The third-order valence-electron chi connectivity index (χ3n) is 7.96. The summed E-state index contributed by atoms with van der Waals surface area (Å²) in [5.74, 6) is -0.443. The van der Waals surface area contributed by atoms with Crippen molar-refractivity contribution in [2.75, 3.05) is 5.73 Å². The summed E-state index contributed by atoms with van der Waals surface area (Å²) in [5, 5.41) is 8.17. The quantitative estimate of drug-likeness (QED) is 0.158. The van der Waals surface area contributed by atoms with Crippen molar-refractivity contribution in [1.29, 1.82) is 0 Å². The summed E-state index contributed by atoms with van der Waals surface area (Å²) in [6, 6.07) is 13.1. The maximum atomic E-state index is 15.7. The number of thiophene rings is 1. The Balaban J connectivity index is 1.38. The number of nitrogens with one attached hydrogen (secondary N) is 1. The first-order valence-electron chi connectivity index (χ1n) is 14.8. The van der Waals surface area contributed by atoms with Gasteiger partial charge in [0, 0.05) is 62.5 Å². The number of amides is 1. The Labute approximate surface area is 268 Å². The molecule has 0 saturated heterocycles. The first-order chi connectivity index (χ1) is 22.3. The summed E-state index contributed by atoms with van der Waals surface area (Å²) >= 11 is 1.58. The summed E-state index contributed by atoms with van der Waals surface area (Å²) < 4.78 is 24.4. The predicted molar refractivity (Wildman–Crippen MR) is 178 cm³/mol. The van der Waals surface area contributed by atoms with Gasteiger partial charge in [0.05, 0.1) is 12.2 Å². The second-order valence-corrected chi connectivity index (χ2v) is 12.3. The van der Waals surface area contributed by atoms with Gasteiger partial charge in [0.2, 0.25) is 5.91 Å². The van der Waals surface area contributed by atoms with Gasteiger partial charge in [-0.15, -0.1) is 11.3 Å². The molecule has 1 amide bonds. The van der Waals surface area contributed by atoms with Crippen molar-refractivity contribution in [2.45, 2.75) is 39.3 Å². The lowest BCUT2D eigenvalue weighted by molar-refractivity contribution is -0.116. The lowest BCUT2D eigenvalue weighted by Crippen LogP contribution is -2.19. The van der Waals surface area contributed by atoms with Crippen LogP contribution in [0, 0.1) is 19.7 Å². The maximum Gasteiger partial charge on any atom is 0.322 e. The van der Waals surface area contributed by atoms with E-state index in [1.807, 2.05) is 49.0 Å². The Morgan fingerprint density at radius 2 is 1.98 bits per heavy atom. The molecule has 2 aromatic carbocycles. The van der Waals surface area contributed by atoms with Crippen molar-refractivity contribution in [3.8, 4) is 44.5 Å². The van der Waals surface area contributed by atoms with E-state index in [0.717, 1.165) is 61.2 Å². The van der Waals surface area contributed by atoms with Crippen LogP contribution in [0.4, 0.5) is 10.2 Å². The molecule has 1 fully saturated rings. The fourth-order valence-electron chi connectivity index (χ4n) is 5.47. The molecule has 1 saturated carbocycles. The molecule has 6 aromatic rings. The molecule has 46 heavy (non-hydrogen) atoms. The molecule has 9 nitrogen and oxygen atoms in total. The van der Waals surface area contributed by atoms with Gasteiger partial charge in [-0.3, -0.25) is 9.48 Å². The molecule has 7 rings (SSSR count). The number of aromatic nitrogens is 5. The summed E-state index contributed by atoms with van der Waals surface area (Å²) in [4.78, 5) is 25.6. The fourth-order valence-corrected chi connectivity index (χ4v) is 6.93. The summed E-state index contributed by atoms with van der Waals surface area (Å²) in [7, 11) is 0. The molecule has 0 atom stereocenters. The van der Waals surface area contributed by atoms with Gasteiger partial charge in [0.25, 0.3) is 0 Å². The number of ether oxygens (including phenoxy) is 1. The average molecular weight is 632 g/mol. The molecule has 0 aliphatic heterocycles. The number of fused-ring (bicyclic) bond motifs is 1. The van der Waals surface area contributed by atoms with Crippen LogP contribution in [0.2, 0.25) is 0 Å². The van der Waals surface area contributed by atoms with E-state index in [4.69, 9.17) is 10.5 Å². The third kappa shape index (κ3) is 5.61. The minimum absolute atomic E-state index is 0.0109. The predicted octanol–water partition coefficient (Wildman–Crippen LogP) is 7.55. The van der Waals surface area contributed by atoms with E-state index in [1.165, 1.54) is 12.1 Å². The van der Waals surface area contributed by atoms with E-state index < -0.39 is 5.82 Å². The molecule has 4 aromatic heterocycles. The molecule has 0 spiro atoms. The molecule has 4 heterocycles. The smallest absolute Gasteiger partial charge is 0.322 e. The third-order valence-corrected chi connectivity index (χ3v) is 9.21.